The predicted molar refractivity (Wildman–Crippen MR) is 124 cm³/mol. The fourth-order valence-electron chi connectivity index (χ4n) is 2.99. The van der Waals surface area contributed by atoms with E-state index in [1.54, 1.807) is 24.3 Å². The van der Waals surface area contributed by atoms with Gasteiger partial charge in [-0.05, 0) is 69.2 Å². The summed E-state index contributed by atoms with van der Waals surface area (Å²) in [6, 6.07) is 9.05. The van der Waals surface area contributed by atoms with Crippen LogP contribution in [0.15, 0.2) is 35.7 Å². The molecule has 0 aliphatic rings. The van der Waals surface area contributed by atoms with Crippen LogP contribution in [0.1, 0.15) is 37.4 Å². The molecule has 0 bridgehead atoms. The van der Waals surface area contributed by atoms with Gasteiger partial charge in [-0.25, -0.2) is 4.98 Å². The van der Waals surface area contributed by atoms with Gasteiger partial charge in [0.2, 0.25) is 5.78 Å². The van der Waals surface area contributed by atoms with Gasteiger partial charge in [0.1, 0.15) is 10.7 Å². The molecule has 0 radical (unpaired) electrons. The molecule has 0 spiro atoms. The number of benzene rings is 1. The lowest BCUT2D eigenvalue weighted by Gasteiger charge is -2.18. The predicted octanol–water partition coefficient (Wildman–Crippen LogP) is 3.75. The smallest absolute Gasteiger partial charge is 0.251 e. The van der Waals surface area contributed by atoms with E-state index in [1.807, 2.05) is 44.3 Å². The number of amides is 1. The van der Waals surface area contributed by atoms with Gasteiger partial charge < -0.3 is 21.3 Å². The zero-order chi connectivity index (χ0) is 21.8. The maximum absolute atomic E-state index is 12.7. The molecular weight excluding hydrogens is 418 g/mol. The van der Waals surface area contributed by atoms with E-state index in [1.165, 1.54) is 22.7 Å². The summed E-state index contributed by atoms with van der Waals surface area (Å²) in [6.45, 7) is 4.64. The van der Waals surface area contributed by atoms with Gasteiger partial charge >= 0.3 is 0 Å². The Labute approximate surface area is 183 Å². The number of nitrogen functional groups attached to an aromatic ring is 1. The molecule has 1 unspecified atom stereocenters. The molecule has 0 aliphatic heterocycles. The Hall–Kier alpha value is -2.75. The maximum Gasteiger partial charge on any atom is 0.251 e. The standard InChI is InChI=1S/C21H25N5O2S2/c1-12-9-10-29-17(12)16(27)18-19(22)25-21(30-18)24-15-7-5-14(6-8-15)20(28)23-13(2)11-26(3)4/h5-10,13H,11,22H2,1-4H3,(H,23,28)(H,24,25). The number of nitrogens with one attached hydrogen (secondary N) is 2. The number of rotatable bonds is 8. The summed E-state index contributed by atoms with van der Waals surface area (Å²) < 4.78 is 0. The lowest BCUT2D eigenvalue weighted by Crippen LogP contribution is -2.39. The first-order valence-electron chi connectivity index (χ1n) is 9.42. The lowest BCUT2D eigenvalue weighted by atomic mass is 10.2. The Kier molecular flexibility index (Phi) is 6.86. The summed E-state index contributed by atoms with van der Waals surface area (Å²) in [5.41, 5.74) is 8.25. The molecule has 0 fully saturated rings. The monoisotopic (exact) mass is 443 g/mol. The Morgan fingerprint density at radius 3 is 2.47 bits per heavy atom. The van der Waals surface area contributed by atoms with E-state index in [-0.39, 0.29) is 23.6 Å². The zero-order valence-corrected chi connectivity index (χ0v) is 19.0. The Bertz CT molecular complexity index is 1040. The number of thiophene rings is 1. The van der Waals surface area contributed by atoms with Crippen molar-refractivity contribution in [2.45, 2.75) is 19.9 Å². The number of carbonyl (C=O) groups excluding carboxylic acids is 2. The van der Waals surface area contributed by atoms with Crippen molar-refractivity contribution in [2.24, 2.45) is 0 Å². The highest BCUT2D eigenvalue weighted by Gasteiger charge is 2.20. The highest BCUT2D eigenvalue weighted by Crippen LogP contribution is 2.31. The number of nitrogens with zero attached hydrogens (tertiary/aromatic N) is 2. The largest absolute Gasteiger partial charge is 0.382 e. The number of ketones is 1. The third-order valence-corrected chi connectivity index (χ3v) is 6.34. The van der Waals surface area contributed by atoms with Gasteiger partial charge in [-0.1, -0.05) is 11.3 Å². The first-order chi connectivity index (χ1) is 14.2. The Balaban J connectivity index is 1.67. The summed E-state index contributed by atoms with van der Waals surface area (Å²) >= 11 is 2.62. The molecule has 9 heteroatoms. The number of thiazole rings is 1. The summed E-state index contributed by atoms with van der Waals surface area (Å²) in [5, 5.41) is 8.54. The second-order valence-corrected chi connectivity index (χ2v) is 9.25. The van der Waals surface area contributed by atoms with Crippen LogP contribution in [0.25, 0.3) is 0 Å². The first-order valence-corrected chi connectivity index (χ1v) is 11.1. The van der Waals surface area contributed by atoms with Crippen LogP contribution in [-0.2, 0) is 0 Å². The number of likely N-dealkylation sites (N-methyl/N-ethyl adjacent to an activating group) is 1. The van der Waals surface area contributed by atoms with Crippen LogP contribution in [0.2, 0.25) is 0 Å². The van der Waals surface area contributed by atoms with Crippen molar-refractivity contribution in [2.75, 3.05) is 31.7 Å². The SMILES string of the molecule is Cc1ccsc1C(=O)c1sc(Nc2ccc(C(=O)NC(C)CN(C)C)cc2)nc1N. The number of nitrogens with two attached hydrogens (primary N) is 1. The molecule has 1 amide bonds. The molecule has 158 valence electrons. The van der Waals surface area contributed by atoms with Crippen LogP contribution in [0.5, 0.6) is 0 Å². The van der Waals surface area contributed by atoms with Gasteiger partial charge in [-0.15, -0.1) is 11.3 Å². The normalized spacial score (nSPS) is 12.0. The second kappa shape index (κ2) is 9.38. The quantitative estimate of drug-likeness (QED) is 0.459. The molecule has 30 heavy (non-hydrogen) atoms. The van der Waals surface area contributed by atoms with E-state index in [9.17, 15) is 9.59 Å². The molecule has 3 aromatic rings. The number of hydrogen-bond donors (Lipinski definition) is 3. The van der Waals surface area contributed by atoms with Gasteiger partial charge in [0, 0.05) is 23.8 Å². The number of aromatic nitrogens is 1. The highest BCUT2D eigenvalue weighted by atomic mass is 32.1. The second-order valence-electron chi connectivity index (χ2n) is 7.33. The van der Waals surface area contributed by atoms with Crippen molar-refractivity contribution in [3.05, 3.63) is 56.6 Å². The number of hydrogen-bond acceptors (Lipinski definition) is 8. The molecule has 2 aromatic heterocycles. The van der Waals surface area contributed by atoms with E-state index >= 15 is 0 Å². The molecule has 0 aliphatic carbocycles. The molecule has 4 N–H and O–H groups in total. The van der Waals surface area contributed by atoms with Crippen molar-refractivity contribution in [1.82, 2.24) is 15.2 Å². The van der Waals surface area contributed by atoms with E-state index in [0.717, 1.165) is 17.8 Å². The average Bonchev–Trinajstić information content (AvgIpc) is 3.26. The minimum Gasteiger partial charge on any atom is -0.382 e. The lowest BCUT2D eigenvalue weighted by molar-refractivity contribution is 0.0933. The topological polar surface area (TPSA) is 100 Å². The molecule has 0 saturated carbocycles. The molecule has 0 saturated heterocycles. The summed E-state index contributed by atoms with van der Waals surface area (Å²) in [4.78, 5) is 32.5. The minimum absolute atomic E-state index is 0.0477. The third-order valence-electron chi connectivity index (χ3n) is 4.34. The van der Waals surface area contributed by atoms with E-state index in [4.69, 9.17) is 5.73 Å². The van der Waals surface area contributed by atoms with Crippen molar-refractivity contribution < 1.29 is 9.59 Å². The molecule has 1 aromatic carbocycles. The van der Waals surface area contributed by atoms with Crippen molar-refractivity contribution >= 4 is 51.0 Å². The van der Waals surface area contributed by atoms with E-state index in [0.29, 0.717) is 20.4 Å². The fraction of sp³-hybridized carbons (Fsp3) is 0.286. The summed E-state index contributed by atoms with van der Waals surface area (Å²) in [7, 11) is 3.93. The summed E-state index contributed by atoms with van der Waals surface area (Å²) in [5.74, 6) is -0.0100. The number of carbonyl (C=O) groups is 2. The van der Waals surface area contributed by atoms with Crippen molar-refractivity contribution in [1.29, 1.82) is 0 Å². The highest BCUT2D eigenvalue weighted by molar-refractivity contribution is 7.19. The van der Waals surface area contributed by atoms with Gasteiger partial charge in [-0.3, -0.25) is 9.59 Å². The number of anilines is 3. The average molecular weight is 444 g/mol. The van der Waals surface area contributed by atoms with E-state index in [2.05, 4.69) is 15.6 Å². The van der Waals surface area contributed by atoms with E-state index < -0.39 is 0 Å². The molecule has 2 heterocycles. The van der Waals surface area contributed by atoms with Gasteiger partial charge in [0.25, 0.3) is 5.91 Å². The fourth-order valence-corrected chi connectivity index (χ4v) is 4.77. The van der Waals surface area contributed by atoms with Crippen molar-refractivity contribution in [3.8, 4) is 0 Å². The maximum atomic E-state index is 12.7. The molecule has 1 atom stereocenters. The van der Waals surface area contributed by atoms with Crippen LogP contribution >= 0.6 is 22.7 Å². The minimum atomic E-state index is -0.117. The molecule has 3 rings (SSSR count). The molecule has 7 nitrogen and oxygen atoms in total. The van der Waals surface area contributed by atoms with Crippen LogP contribution in [0.4, 0.5) is 16.6 Å². The van der Waals surface area contributed by atoms with Gasteiger partial charge in [0.15, 0.2) is 5.13 Å². The first kappa shape index (κ1) is 21.9. The Morgan fingerprint density at radius 2 is 1.87 bits per heavy atom. The van der Waals surface area contributed by atoms with Crippen molar-refractivity contribution in [3.63, 3.8) is 0 Å². The number of aryl methyl sites for hydroxylation is 1. The van der Waals surface area contributed by atoms with Gasteiger partial charge in [0.05, 0.1) is 4.88 Å². The van der Waals surface area contributed by atoms with Gasteiger partial charge in [-0.2, -0.15) is 0 Å². The Morgan fingerprint density at radius 1 is 1.17 bits per heavy atom. The molecular formula is C21H25N5O2S2. The summed E-state index contributed by atoms with van der Waals surface area (Å²) in [6.07, 6.45) is 0. The van der Waals surface area contributed by atoms with Crippen LogP contribution in [-0.4, -0.2) is 48.3 Å². The van der Waals surface area contributed by atoms with Crippen LogP contribution in [0.3, 0.4) is 0 Å². The van der Waals surface area contributed by atoms with Crippen LogP contribution < -0.4 is 16.4 Å². The third kappa shape index (κ3) is 5.24. The van der Waals surface area contributed by atoms with Crippen LogP contribution in [0, 0.1) is 6.92 Å². The zero-order valence-electron chi connectivity index (χ0n) is 17.4.